The Hall–Kier alpha value is -2.18. The van der Waals surface area contributed by atoms with Gasteiger partial charge in [-0.3, -0.25) is 4.79 Å². The minimum atomic E-state index is -3.50. The molecule has 0 bridgehead atoms. The van der Waals surface area contributed by atoms with Gasteiger partial charge < -0.3 is 5.32 Å². The number of amides is 1. The Bertz CT molecular complexity index is 902. The molecule has 5 nitrogen and oxygen atoms in total. The molecule has 0 saturated carbocycles. The third-order valence-corrected chi connectivity index (χ3v) is 7.15. The maximum atomic E-state index is 12.9. The summed E-state index contributed by atoms with van der Waals surface area (Å²) in [5, 5.41) is 2.96. The molecule has 1 saturated heterocycles. The molecule has 1 fully saturated rings. The lowest BCUT2D eigenvalue weighted by Gasteiger charge is -2.30. The van der Waals surface area contributed by atoms with Crippen LogP contribution in [-0.2, 0) is 21.4 Å². The van der Waals surface area contributed by atoms with E-state index in [0.717, 1.165) is 16.7 Å². The lowest BCUT2D eigenvalue weighted by Crippen LogP contribution is -2.42. The molecule has 1 aliphatic rings. The second-order valence-electron chi connectivity index (χ2n) is 7.13. The Morgan fingerprint density at radius 2 is 1.70 bits per heavy atom. The zero-order valence-corrected chi connectivity index (χ0v) is 16.6. The molecule has 2 aromatic rings. The van der Waals surface area contributed by atoms with Crippen LogP contribution in [0, 0.1) is 19.8 Å². The number of rotatable bonds is 5. The number of hydrogen-bond donors (Lipinski definition) is 1. The number of hydrogen-bond acceptors (Lipinski definition) is 3. The Kier molecular flexibility index (Phi) is 5.97. The van der Waals surface area contributed by atoms with Crippen molar-refractivity contribution in [1.82, 2.24) is 9.62 Å². The molecule has 0 unspecified atom stereocenters. The summed E-state index contributed by atoms with van der Waals surface area (Å²) >= 11 is 0. The van der Waals surface area contributed by atoms with Crippen molar-refractivity contribution in [2.24, 2.45) is 5.92 Å². The average molecular weight is 387 g/mol. The lowest BCUT2D eigenvalue weighted by molar-refractivity contribution is -0.126. The van der Waals surface area contributed by atoms with E-state index in [1.165, 1.54) is 4.31 Å². The van der Waals surface area contributed by atoms with E-state index >= 15 is 0 Å². The van der Waals surface area contributed by atoms with E-state index in [0.29, 0.717) is 37.4 Å². The molecule has 1 N–H and O–H groups in total. The van der Waals surface area contributed by atoms with Crippen LogP contribution in [-0.4, -0.2) is 31.7 Å². The standard InChI is InChI=1S/C21H26N2O3S/c1-16-8-9-20(14-17(16)2)27(25,26)23-12-10-19(11-13-23)21(24)22-15-18-6-4-3-5-7-18/h3-9,14,19H,10-13,15H2,1-2H3,(H,22,24). The van der Waals surface area contributed by atoms with Gasteiger partial charge in [-0.05, 0) is 55.5 Å². The van der Waals surface area contributed by atoms with E-state index in [2.05, 4.69) is 5.32 Å². The number of sulfonamides is 1. The van der Waals surface area contributed by atoms with Crippen molar-refractivity contribution in [2.75, 3.05) is 13.1 Å². The zero-order chi connectivity index (χ0) is 19.4. The predicted octanol–water partition coefficient (Wildman–Crippen LogP) is 3.02. The number of piperidine rings is 1. The third kappa shape index (κ3) is 4.57. The number of aryl methyl sites for hydroxylation is 2. The first kappa shape index (κ1) is 19.6. The first-order valence-electron chi connectivity index (χ1n) is 9.27. The van der Waals surface area contributed by atoms with Crippen LogP contribution in [0.5, 0.6) is 0 Å². The lowest BCUT2D eigenvalue weighted by atomic mass is 9.97. The van der Waals surface area contributed by atoms with Crippen LogP contribution in [0.25, 0.3) is 0 Å². The van der Waals surface area contributed by atoms with Crippen LogP contribution in [0.3, 0.4) is 0 Å². The van der Waals surface area contributed by atoms with Crippen LogP contribution in [0.1, 0.15) is 29.5 Å². The fraction of sp³-hybridized carbons (Fsp3) is 0.381. The second kappa shape index (κ2) is 8.23. The maximum absolute atomic E-state index is 12.9. The van der Waals surface area contributed by atoms with Crippen LogP contribution in [0.2, 0.25) is 0 Å². The van der Waals surface area contributed by atoms with E-state index in [9.17, 15) is 13.2 Å². The average Bonchev–Trinajstić information content (AvgIpc) is 2.69. The SMILES string of the molecule is Cc1ccc(S(=O)(=O)N2CCC(C(=O)NCc3ccccc3)CC2)cc1C. The molecule has 0 aliphatic carbocycles. The van der Waals surface area contributed by atoms with Gasteiger partial charge in [-0.1, -0.05) is 36.4 Å². The summed E-state index contributed by atoms with van der Waals surface area (Å²) in [5.41, 5.74) is 3.09. The molecule has 1 aliphatic heterocycles. The van der Waals surface area contributed by atoms with Crippen molar-refractivity contribution in [3.8, 4) is 0 Å². The quantitative estimate of drug-likeness (QED) is 0.859. The highest BCUT2D eigenvalue weighted by Gasteiger charge is 2.32. The van der Waals surface area contributed by atoms with Gasteiger partial charge in [0.1, 0.15) is 0 Å². The first-order chi connectivity index (χ1) is 12.9. The molecule has 144 valence electrons. The molecule has 0 spiro atoms. The smallest absolute Gasteiger partial charge is 0.243 e. The van der Waals surface area contributed by atoms with E-state index < -0.39 is 10.0 Å². The Labute approximate surface area is 161 Å². The minimum Gasteiger partial charge on any atom is -0.352 e. The minimum absolute atomic E-state index is 0.00193. The van der Waals surface area contributed by atoms with Crippen molar-refractivity contribution in [3.05, 3.63) is 65.2 Å². The second-order valence-corrected chi connectivity index (χ2v) is 9.07. The van der Waals surface area contributed by atoms with Gasteiger partial charge in [0, 0.05) is 25.6 Å². The van der Waals surface area contributed by atoms with E-state index in [-0.39, 0.29) is 11.8 Å². The summed E-state index contributed by atoms with van der Waals surface area (Å²) in [6, 6.07) is 15.0. The Morgan fingerprint density at radius 3 is 2.33 bits per heavy atom. The van der Waals surface area contributed by atoms with Gasteiger partial charge in [-0.15, -0.1) is 0 Å². The van der Waals surface area contributed by atoms with Gasteiger partial charge in [0.05, 0.1) is 4.90 Å². The third-order valence-electron chi connectivity index (χ3n) is 5.25. The summed E-state index contributed by atoms with van der Waals surface area (Å²) < 4.78 is 27.2. The highest BCUT2D eigenvalue weighted by molar-refractivity contribution is 7.89. The highest BCUT2D eigenvalue weighted by atomic mass is 32.2. The van der Waals surface area contributed by atoms with Gasteiger partial charge in [-0.25, -0.2) is 8.42 Å². The molecule has 1 amide bonds. The van der Waals surface area contributed by atoms with Gasteiger partial charge >= 0.3 is 0 Å². The highest BCUT2D eigenvalue weighted by Crippen LogP contribution is 2.25. The molecule has 3 rings (SSSR count). The summed E-state index contributed by atoms with van der Waals surface area (Å²) in [5.74, 6) is -0.137. The number of carbonyl (C=O) groups excluding carboxylic acids is 1. The van der Waals surface area contributed by atoms with Gasteiger partial charge in [0.2, 0.25) is 15.9 Å². The molecule has 6 heteroatoms. The molecule has 27 heavy (non-hydrogen) atoms. The van der Waals surface area contributed by atoms with Crippen molar-refractivity contribution >= 4 is 15.9 Å². The van der Waals surface area contributed by atoms with Gasteiger partial charge in [-0.2, -0.15) is 4.31 Å². The molecule has 1 heterocycles. The number of benzene rings is 2. The van der Waals surface area contributed by atoms with Crippen LogP contribution in [0.15, 0.2) is 53.4 Å². The van der Waals surface area contributed by atoms with Crippen molar-refractivity contribution in [2.45, 2.75) is 38.1 Å². The fourth-order valence-corrected chi connectivity index (χ4v) is 4.87. The summed E-state index contributed by atoms with van der Waals surface area (Å²) in [7, 11) is -3.50. The predicted molar refractivity (Wildman–Crippen MR) is 106 cm³/mol. The molecule has 0 aromatic heterocycles. The number of nitrogens with zero attached hydrogens (tertiary/aromatic N) is 1. The maximum Gasteiger partial charge on any atom is 0.243 e. The molecular weight excluding hydrogens is 360 g/mol. The van der Waals surface area contributed by atoms with Gasteiger partial charge in [0.25, 0.3) is 0 Å². The van der Waals surface area contributed by atoms with Crippen LogP contribution < -0.4 is 5.32 Å². The molecule has 0 radical (unpaired) electrons. The van der Waals surface area contributed by atoms with Crippen molar-refractivity contribution in [1.29, 1.82) is 0 Å². The summed E-state index contributed by atoms with van der Waals surface area (Å²) in [6.45, 7) is 5.13. The topological polar surface area (TPSA) is 66.5 Å². The molecule has 2 aromatic carbocycles. The monoisotopic (exact) mass is 386 g/mol. The normalized spacial score (nSPS) is 16.2. The van der Waals surface area contributed by atoms with E-state index in [4.69, 9.17) is 0 Å². The number of carbonyl (C=O) groups is 1. The fourth-order valence-electron chi connectivity index (χ4n) is 3.31. The summed E-state index contributed by atoms with van der Waals surface area (Å²) in [4.78, 5) is 12.7. The Balaban J connectivity index is 1.57. The van der Waals surface area contributed by atoms with Crippen molar-refractivity contribution in [3.63, 3.8) is 0 Å². The van der Waals surface area contributed by atoms with E-state index in [1.54, 1.807) is 12.1 Å². The van der Waals surface area contributed by atoms with Gasteiger partial charge in [0.15, 0.2) is 0 Å². The first-order valence-corrected chi connectivity index (χ1v) is 10.7. The van der Waals surface area contributed by atoms with Crippen LogP contribution in [0.4, 0.5) is 0 Å². The molecule has 0 atom stereocenters. The van der Waals surface area contributed by atoms with Crippen LogP contribution >= 0.6 is 0 Å². The molecular formula is C21H26N2O3S. The van der Waals surface area contributed by atoms with Crippen molar-refractivity contribution < 1.29 is 13.2 Å². The number of nitrogens with one attached hydrogen (secondary N) is 1. The zero-order valence-electron chi connectivity index (χ0n) is 15.8. The summed E-state index contributed by atoms with van der Waals surface area (Å²) in [6.07, 6.45) is 1.09. The largest absolute Gasteiger partial charge is 0.352 e. The van der Waals surface area contributed by atoms with E-state index in [1.807, 2.05) is 50.2 Å². The Morgan fingerprint density at radius 1 is 1.04 bits per heavy atom.